The molecule has 0 aliphatic carbocycles. The molecule has 1 heterocycles. The summed E-state index contributed by atoms with van der Waals surface area (Å²) < 4.78 is 14.5. The molecule has 88 valence electrons. The van der Waals surface area contributed by atoms with Crippen molar-refractivity contribution in [3.63, 3.8) is 0 Å². The van der Waals surface area contributed by atoms with Gasteiger partial charge in [-0.1, -0.05) is 22.0 Å². The molecule has 0 saturated heterocycles. The van der Waals surface area contributed by atoms with E-state index >= 15 is 0 Å². The first-order valence-corrected chi connectivity index (χ1v) is 6.01. The van der Waals surface area contributed by atoms with Gasteiger partial charge in [0.1, 0.15) is 5.82 Å². The SMILES string of the molecule is Cc1ncccc1C(N)c1cc(Br)ccc1F. The number of benzene rings is 1. The van der Waals surface area contributed by atoms with Crippen LogP contribution in [0.5, 0.6) is 0 Å². The third-order valence-corrected chi connectivity index (χ3v) is 3.17. The van der Waals surface area contributed by atoms with Gasteiger partial charge in [0.15, 0.2) is 0 Å². The maximum atomic E-state index is 13.7. The number of rotatable bonds is 2. The van der Waals surface area contributed by atoms with Crippen molar-refractivity contribution in [3.8, 4) is 0 Å². The largest absolute Gasteiger partial charge is 0.320 e. The van der Waals surface area contributed by atoms with E-state index in [1.165, 1.54) is 6.07 Å². The highest BCUT2D eigenvalue weighted by molar-refractivity contribution is 9.10. The second-order valence-corrected chi connectivity index (χ2v) is 4.74. The molecule has 0 radical (unpaired) electrons. The Morgan fingerprint density at radius 3 is 2.76 bits per heavy atom. The second kappa shape index (κ2) is 4.94. The molecule has 0 saturated carbocycles. The topological polar surface area (TPSA) is 38.9 Å². The van der Waals surface area contributed by atoms with E-state index in [1.807, 2.05) is 13.0 Å². The summed E-state index contributed by atoms with van der Waals surface area (Å²) in [6, 6.07) is 7.94. The molecule has 1 atom stereocenters. The summed E-state index contributed by atoms with van der Waals surface area (Å²) in [7, 11) is 0. The van der Waals surface area contributed by atoms with Crippen LogP contribution in [0.15, 0.2) is 41.0 Å². The number of nitrogens with two attached hydrogens (primary N) is 1. The van der Waals surface area contributed by atoms with Crippen LogP contribution >= 0.6 is 15.9 Å². The van der Waals surface area contributed by atoms with Crippen LogP contribution in [0.2, 0.25) is 0 Å². The molecule has 17 heavy (non-hydrogen) atoms. The molecular formula is C13H12BrFN2. The van der Waals surface area contributed by atoms with Crippen molar-refractivity contribution in [3.05, 3.63) is 63.6 Å². The predicted octanol–water partition coefficient (Wildman–Crippen LogP) is 3.34. The van der Waals surface area contributed by atoms with Gasteiger partial charge in [0.25, 0.3) is 0 Å². The molecule has 2 N–H and O–H groups in total. The minimum atomic E-state index is -0.499. The molecule has 0 amide bonds. The monoisotopic (exact) mass is 294 g/mol. The van der Waals surface area contributed by atoms with Gasteiger partial charge in [-0.2, -0.15) is 0 Å². The molecule has 2 rings (SSSR count). The van der Waals surface area contributed by atoms with Crippen molar-refractivity contribution in [2.24, 2.45) is 5.73 Å². The molecule has 1 unspecified atom stereocenters. The molecule has 2 aromatic rings. The number of pyridine rings is 1. The Bertz CT molecular complexity index is 543. The van der Waals surface area contributed by atoms with E-state index < -0.39 is 6.04 Å². The highest BCUT2D eigenvalue weighted by Crippen LogP contribution is 2.26. The molecule has 4 heteroatoms. The lowest BCUT2D eigenvalue weighted by atomic mass is 9.98. The molecule has 0 fully saturated rings. The van der Waals surface area contributed by atoms with Gasteiger partial charge in [0.05, 0.1) is 6.04 Å². The Labute approximate surface area is 108 Å². The van der Waals surface area contributed by atoms with E-state index in [0.717, 1.165) is 15.7 Å². The van der Waals surface area contributed by atoms with Crippen LogP contribution in [0.4, 0.5) is 4.39 Å². The van der Waals surface area contributed by atoms with Crippen molar-refractivity contribution in [1.82, 2.24) is 4.98 Å². The third kappa shape index (κ3) is 2.53. The number of aryl methyl sites for hydroxylation is 1. The first kappa shape index (κ1) is 12.2. The number of halogens is 2. The summed E-state index contributed by atoms with van der Waals surface area (Å²) >= 11 is 3.32. The summed E-state index contributed by atoms with van der Waals surface area (Å²) in [6.07, 6.45) is 1.70. The van der Waals surface area contributed by atoms with E-state index in [2.05, 4.69) is 20.9 Å². The van der Waals surface area contributed by atoms with Crippen molar-refractivity contribution in [2.45, 2.75) is 13.0 Å². The molecule has 1 aromatic heterocycles. The van der Waals surface area contributed by atoms with Gasteiger partial charge in [-0.3, -0.25) is 4.98 Å². The zero-order chi connectivity index (χ0) is 12.4. The van der Waals surface area contributed by atoms with Crippen LogP contribution in [0, 0.1) is 12.7 Å². The summed E-state index contributed by atoms with van der Waals surface area (Å²) in [5.74, 6) is -0.302. The summed E-state index contributed by atoms with van der Waals surface area (Å²) in [4.78, 5) is 4.16. The normalized spacial score (nSPS) is 12.5. The Kier molecular flexibility index (Phi) is 3.54. The van der Waals surface area contributed by atoms with Crippen LogP contribution in [-0.4, -0.2) is 4.98 Å². The third-order valence-electron chi connectivity index (χ3n) is 2.68. The second-order valence-electron chi connectivity index (χ2n) is 3.82. The van der Waals surface area contributed by atoms with Gasteiger partial charge in [0.2, 0.25) is 0 Å². The van der Waals surface area contributed by atoms with Crippen molar-refractivity contribution < 1.29 is 4.39 Å². The Balaban J connectivity index is 2.47. The number of nitrogens with zero attached hydrogens (tertiary/aromatic N) is 1. The lowest BCUT2D eigenvalue weighted by Gasteiger charge is -2.15. The van der Waals surface area contributed by atoms with Gasteiger partial charge in [-0.05, 0) is 36.8 Å². The molecule has 0 spiro atoms. The quantitative estimate of drug-likeness (QED) is 0.923. The van der Waals surface area contributed by atoms with Crippen LogP contribution in [0.1, 0.15) is 22.9 Å². The van der Waals surface area contributed by atoms with Gasteiger partial charge in [-0.25, -0.2) is 4.39 Å². The van der Waals surface area contributed by atoms with Crippen LogP contribution < -0.4 is 5.73 Å². The summed E-state index contributed by atoms with van der Waals surface area (Å²) in [5, 5.41) is 0. The average Bonchev–Trinajstić information content (AvgIpc) is 2.32. The van der Waals surface area contributed by atoms with Crippen molar-refractivity contribution in [1.29, 1.82) is 0 Å². The van der Waals surface area contributed by atoms with Gasteiger partial charge in [-0.15, -0.1) is 0 Å². The first-order chi connectivity index (χ1) is 8.09. The van der Waals surface area contributed by atoms with Crippen molar-refractivity contribution in [2.75, 3.05) is 0 Å². The fourth-order valence-electron chi connectivity index (χ4n) is 1.75. The minimum absolute atomic E-state index is 0.302. The van der Waals surface area contributed by atoms with E-state index in [0.29, 0.717) is 5.56 Å². The molecule has 0 aliphatic heterocycles. The van der Waals surface area contributed by atoms with Gasteiger partial charge < -0.3 is 5.73 Å². The lowest BCUT2D eigenvalue weighted by Crippen LogP contribution is -2.15. The molecular weight excluding hydrogens is 283 g/mol. The summed E-state index contributed by atoms with van der Waals surface area (Å²) in [5.41, 5.74) is 8.21. The molecule has 1 aromatic carbocycles. The minimum Gasteiger partial charge on any atom is -0.320 e. The molecule has 0 bridgehead atoms. The Morgan fingerprint density at radius 1 is 1.29 bits per heavy atom. The molecule has 2 nitrogen and oxygen atoms in total. The smallest absolute Gasteiger partial charge is 0.128 e. The average molecular weight is 295 g/mol. The van der Waals surface area contributed by atoms with Crippen LogP contribution in [-0.2, 0) is 0 Å². The van der Waals surface area contributed by atoms with Crippen LogP contribution in [0.3, 0.4) is 0 Å². The fraction of sp³-hybridized carbons (Fsp3) is 0.154. The Hall–Kier alpha value is -1.26. The zero-order valence-corrected chi connectivity index (χ0v) is 10.9. The number of hydrogen-bond donors (Lipinski definition) is 1. The van der Waals surface area contributed by atoms with Crippen molar-refractivity contribution >= 4 is 15.9 Å². The van der Waals surface area contributed by atoms with E-state index in [4.69, 9.17) is 5.73 Å². The first-order valence-electron chi connectivity index (χ1n) is 5.21. The Morgan fingerprint density at radius 2 is 2.06 bits per heavy atom. The zero-order valence-electron chi connectivity index (χ0n) is 9.32. The summed E-state index contributed by atoms with van der Waals surface area (Å²) in [6.45, 7) is 1.87. The predicted molar refractivity (Wildman–Crippen MR) is 69.1 cm³/mol. The fourth-order valence-corrected chi connectivity index (χ4v) is 2.12. The standard InChI is InChI=1S/C13H12BrFN2/c1-8-10(3-2-6-17-8)13(16)11-7-9(14)4-5-12(11)15/h2-7,13H,16H2,1H3. The number of aromatic nitrogens is 1. The van der Waals surface area contributed by atoms with Gasteiger partial charge >= 0.3 is 0 Å². The molecule has 0 aliphatic rings. The highest BCUT2D eigenvalue weighted by atomic mass is 79.9. The maximum Gasteiger partial charge on any atom is 0.128 e. The van der Waals surface area contributed by atoms with Gasteiger partial charge in [0, 0.05) is 21.9 Å². The maximum absolute atomic E-state index is 13.7. The number of hydrogen-bond acceptors (Lipinski definition) is 2. The lowest BCUT2D eigenvalue weighted by molar-refractivity contribution is 0.598. The van der Waals surface area contributed by atoms with E-state index in [-0.39, 0.29) is 5.82 Å². The van der Waals surface area contributed by atoms with Crippen LogP contribution in [0.25, 0.3) is 0 Å². The highest BCUT2D eigenvalue weighted by Gasteiger charge is 2.16. The van der Waals surface area contributed by atoms with E-state index in [1.54, 1.807) is 24.4 Å². The van der Waals surface area contributed by atoms with E-state index in [9.17, 15) is 4.39 Å².